The Morgan fingerprint density at radius 2 is 2.17 bits per heavy atom. The number of nitrogens with zero attached hydrogens (tertiary/aromatic N) is 3. The molecular weight excluding hydrogens is 286 g/mol. The van der Waals surface area contributed by atoms with Crippen molar-refractivity contribution in [3.05, 3.63) is 58.7 Å². The van der Waals surface area contributed by atoms with Crippen molar-refractivity contribution < 1.29 is 4.79 Å². The minimum Gasteiger partial charge on any atom is -0.332 e. The van der Waals surface area contributed by atoms with Gasteiger partial charge in [0.1, 0.15) is 5.82 Å². The lowest BCUT2D eigenvalue weighted by molar-refractivity contribution is -0.134. The predicted octanol–water partition coefficient (Wildman–Crippen LogP) is 2.92. The largest absolute Gasteiger partial charge is 0.332 e. The van der Waals surface area contributed by atoms with Crippen LogP contribution in [0.25, 0.3) is 0 Å². The van der Waals surface area contributed by atoms with Crippen molar-refractivity contribution in [2.24, 2.45) is 0 Å². The van der Waals surface area contributed by atoms with Crippen LogP contribution in [0.1, 0.15) is 47.1 Å². The maximum Gasteiger partial charge on any atom is 0.227 e. The Kier molecular flexibility index (Phi) is 3.40. The number of amides is 1. The van der Waals surface area contributed by atoms with E-state index in [1.54, 1.807) is 0 Å². The maximum atomic E-state index is 12.9. The van der Waals surface area contributed by atoms with E-state index in [9.17, 15) is 4.79 Å². The first-order valence-corrected chi connectivity index (χ1v) is 8.31. The number of hydrogen-bond donors (Lipinski definition) is 0. The lowest BCUT2D eigenvalue weighted by Gasteiger charge is -2.35. The monoisotopic (exact) mass is 307 g/mol. The Balaban J connectivity index is 1.60. The van der Waals surface area contributed by atoms with Gasteiger partial charge in [0.2, 0.25) is 5.91 Å². The molecule has 118 valence electrons. The molecule has 2 aromatic rings. The van der Waals surface area contributed by atoms with Crippen molar-refractivity contribution in [1.29, 1.82) is 0 Å². The molecule has 0 aliphatic carbocycles. The van der Waals surface area contributed by atoms with Gasteiger partial charge >= 0.3 is 0 Å². The molecule has 0 N–H and O–H groups in total. The molecule has 4 heteroatoms. The molecule has 2 aliphatic rings. The zero-order valence-electron chi connectivity index (χ0n) is 13.6. The van der Waals surface area contributed by atoms with E-state index in [1.165, 1.54) is 5.56 Å². The molecule has 1 saturated heterocycles. The van der Waals surface area contributed by atoms with Crippen LogP contribution in [0.2, 0.25) is 0 Å². The molecule has 2 aliphatic heterocycles. The second kappa shape index (κ2) is 5.44. The second-order valence-corrected chi connectivity index (χ2v) is 6.74. The van der Waals surface area contributed by atoms with Crippen molar-refractivity contribution in [3.8, 4) is 0 Å². The SMILES string of the molecule is Cc1cccc(CC(=O)N2[C@H]3CC[C@@H]2c2cnc(C)nc2C3)c1. The van der Waals surface area contributed by atoms with E-state index in [2.05, 4.69) is 33.9 Å². The van der Waals surface area contributed by atoms with Gasteiger partial charge in [0, 0.05) is 24.2 Å². The lowest BCUT2D eigenvalue weighted by Crippen LogP contribution is -2.43. The Morgan fingerprint density at radius 3 is 3.00 bits per heavy atom. The van der Waals surface area contributed by atoms with Crippen LogP contribution in [0.3, 0.4) is 0 Å². The molecule has 23 heavy (non-hydrogen) atoms. The minimum absolute atomic E-state index is 0.168. The quantitative estimate of drug-likeness (QED) is 0.857. The van der Waals surface area contributed by atoms with Gasteiger partial charge in [-0.05, 0) is 32.3 Å². The van der Waals surface area contributed by atoms with Gasteiger partial charge in [0.05, 0.1) is 18.2 Å². The first-order chi connectivity index (χ1) is 11.1. The van der Waals surface area contributed by atoms with Gasteiger partial charge in [-0.15, -0.1) is 0 Å². The third-order valence-corrected chi connectivity index (χ3v) is 5.04. The molecule has 1 amide bonds. The number of rotatable bonds is 2. The fourth-order valence-electron chi connectivity index (χ4n) is 4.05. The van der Waals surface area contributed by atoms with Crippen LogP contribution in [-0.2, 0) is 17.6 Å². The topological polar surface area (TPSA) is 46.1 Å². The number of carbonyl (C=O) groups excluding carboxylic acids is 1. The molecule has 2 atom stereocenters. The Morgan fingerprint density at radius 1 is 1.30 bits per heavy atom. The third kappa shape index (κ3) is 2.52. The highest BCUT2D eigenvalue weighted by Crippen LogP contribution is 2.43. The molecule has 1 aromatic heterocycles. The number of benzene rings is 1. The fraction of sp³-hybridized carbons (Fsp3) is 0.421. The summed E-state index contributed by atoms with van der Waals surface area (Å²) in [5, 5.41) is 0. The van der Waals surface area contributed by atoms with E-state index in [0.717, 1.165) is 41.9 Å². The van der Waals surface area contributed by atoms with Gasteiger partial charge in [0.15, 0.2) is 0 Å². The highest BCUT2D eigenvalue weighted by molar-refractivity contribution is 5.80. The summed E-state index contributed by atoms with van der Waals surface area (Å²) in [6.07, 6.45) is 5.38. The number of aromatic nitrogens is 2. The van der Waals surface area contributed by atoms with Gasteiger partial charge in [-0.2, -0.15) is 0 Å². The highest BCUT2D eigenvalue weighted by atomic mass is 16.2. The first kappa shape index (κ1) is 14.4. The van der Waals surface area contributed by atoms with E-state index in [4.69, 9.17) is 0 Å². The van der Waals surface area contributed by atoms with Gasteiger partial charge in [-0.1, -0.05) is 29.8 Å². The summed E-state index contributed by atoms with van der Waals surface area (Å²) < 4.78 is 0. The van der Waals surface area contributed by atoms with E-state index < -0.39 is 0 Å². The molecule has 0 spiro atoms. The van der Waals surface area contributed by atoms with Crippen molar-refractivity contribution in [2.75, 3.05) is 0 Å². The minimum atomic E-state index is 0.168. The van der Waals surface area contributed by atoms with E-state index >= 15 is 0 Å². The zero-order valence-corrected chi connectivity index (χ0v) is 13.6. The standard InChI is InChI=1S/C19H21N3O/c1-12-4-3-5-14(8-12)9-19(23)22-15-6-7-18(22)16-11-20-13(2)21-17(16)10-15/h3-5,8,11,15,18H,6-7,9-10H2,1-2H3/t15-,18+/m0/s1. The molecule has 0 unspecified atom stereocenters. The summed E-state index contributed by atoms with van der Waals surface area (Å²) in [4.78, 5) is 23.9. The average molecular weight is 307 g/mol. The molecule has 3 heterocycles. The van der Waals surface area contributed by atoms with Crippen molar-refractivity contribution in [1.82, 2.24) is 14.9 Å². The van der Waals surface area contributed by atoms with E-state index in [1.807, 2.05) is 25.3 Å². The van der Waals surface area contributed by atoms with Gasteiger partial charge in [-0.3, -0.25) is 4.79 Å². The molecule has 2 bridgehead atoms. The summed E-state index contributed by atoms with van der Waals surface area (Å²) in [5.74, 6) is 1.05. The van der Waals surface area contributed by atoms with Crippen LogP contribution in [0, 0.1) is 13.8 Å². The van der Waals surface area contributed by atoms with Gasteiger partial charge in [0.25, 0.3) is 0 Å². The fourth-order valence-corrected chi connectivity index (χ4v) is 4.05. The summed E-state index contributed by atoms with van der Waals surface area (Å²) >= 11 is 0. The van der Waals surface area contributed by atoms with Crippen LogP contribution in [0.15, 0.2) is 30.5 Å². The van der Waals surface area contributed by atoms with Crippen molar-refractivity contribution >= 4 is 5.91 Å². The zero-order chi connectivity index (χ0) is 16.0. The molecule has 0 saturated carbocycles. The molecule has 4 rings (SSSR count). The average Bonchev–Trinajstić information content (AvgIpc) is 2.83. The molecule has 1 aromatic carbocycles. The highest BCUT2D eigenvalue weighted by Gasteiger charge is 2.43. The summed E-state index contributed by atoms with van der Waals surface area (Å²) in [5.41, 5.74) is 4.60. The van der Waals surface area contributed by atoms with Gasteiger partial charge in [-0.25, -0.2) is 9.97 Å². The Hall–Kier alpha value is -2.23. The Bertz CT molecular complexity index is 771. The van der Waals surface area contributed by atoms with E-state index in [0.29, 0.717) is 12.5 Å². The predicted molar refractivity (Wildman–Crippen MR) is 88.0 cm³/mol. The molecular formula is C19H21N3O. The smallest absolute Gasteiger partial charge is 0.227 e. The van der Waals surface area contributed by atoms with Crippen LogP contribution < -0.4 is 0 Å². The van der Waals surface area contributed by atoms with Crippen LogP contribution in [0.4, 0.5) is 0 Å². The second-order valence-electron chi connectivity index (χ2n) is 6.74. The summed E-state index contributed by atoms with van der Waals surface area (Å²) in [7, 11) is 0. The van der Waals surface area contributed by atoms with Crippen LogP contribution in [0.5, 0.6) is 0 Å². The van der Waals surface area contributed by atoms with Crippen molar-refractivity contribution in [2.45, 2.75) is 51.6 Å². The summed E-state index contributed by atoms with van der Waals surface area (Å²) in [6, 6.07) is 8.70. The molecule has 4 nitrogen and oxygen atoms in total. The number of carbonyl (C=O) groups is 1. The summed E-state index contributed by atoms with van der Waals surface area (Å²) in [6.45, 7) is 3.99. The van der Waals surface area contributed by atoms with Crippen LogP contribution >= 0.6 is 0 Å². The number of fused-ring (bicyclic) bond motifs is 4. The molecule has 0 radical (unpaired) electrons. The van der Waals surface area contributed by atoms with Gasteiger partial charge < -0.3 is 4.90 Å². The normalized spacial score (nSPS) is 22.1. The van der Waals surface area contributed by atoms with E-state index in [-0.39, 0.29) is 11.9 Å². The maximum absolute atomic E-state index is 12.9. The lowest BCUT2D eigenvalue weighted by atomic mass is 9.98. The number of hydrogen-bond acceptors (Lipinski definition) is 3. The van der Waals surface area contributed by atoms with Crippen LogP contribution in [-0.4, -0.2) is 26.8 Å². The Labute approximate surface area is 136 Å². The third-order valence-electron chi connectivity index (χ3n) is 5.04. The van der Waals surface area contributed by atoms with Crippen molar-refractivity contribution in [3.63, 3.8) is 0 Å². The first-order valence-electron chi connectivity index (χ1n) is 8.31. The molecule has 1 fully saturated rings. The number of aryl methyl sites for hydroxylation is 2.